The molecule has 0 radical (unpaired) electrons. The molecule has 1 fully saturated rings. The number of carbonyl (C=O) groups excluding carboxylic acids is 1. The third-order valence-electron chi connectivity index (χ3n) is 4.39. The first-order valence-electron chi connectivity index (χ1n) is 8.44. The molecule has 1 amide bonds. The van der Waals surface area contributed by atoms with Gasteiger partial charge < -0.3 is 24.8 Å². The number of nitrogens with zero attached hydrogens (tertiary/aromatic N) is 1. The Morgan fingerprint density at radius 1 is 1.21 bits per heavy atom. The lowest BCUT2D eigenvalue weighted by Crippen LogP contribution is -2.41. The minimum atomic E-state index is 0.0360. The van der Waals surface area contributed by atoms with E-state index in [9.17, 15) is 4.79 Å². The predicted molar refractivity (Wildman–Crippen MR) is 92.8 cm³/mol. The average Bonchev–Trinajstić information content (AvgIpc) is 2.61. The predicted octanol–water partition coefficient (Wildman–Crippen LogP) is 1.98. The molecule has 0 atom stereocenters. The van der Waals surface area contributed by atoms with E-state index in [0.717, 1.165) is 24.8 Å². The summed E-state index contributed by atoms with van der Waals surface area (Å²) < 4.78 is 16.4. The number of hydrogen-bond donors (Lipinski definition) is 1. The first kappa shape index (κ1) is 18.5. The molecule has 1 aromatic rings. The second-order valence-electron chi connectivity index (χ2n) is 6.03. The van der Waals surface area contributed by atoms with Gasteiger partial charge in [0.15, 0.2) is 11.5 Å². The van der Waals surface area contributed by atoms with Crippen molar-refractivity contribution < 1.29 is 19.0 Å². The molecule has 0 unspecified atom stereocenters. The summed E-state index contributed by atoms with van der Waals surface area (Å²) in [6, 6.07) is 3.61. The molecule has 6 heteroatoms. The number of nitrogens with two attached hydrogens (primary N) is 1. The quantitative estimate of drug-likeness (QED) is 0.771. The number of piperidine rings is 1. The number of carbonyl (C=O) groups is 1. The van der Waals surface area contributed by atoms with Crippen molar-refractivity contribution in [2.75, 3.05) is 40.5 Å². The molecular formula is C18H28N2O4. The number of ether oxygens (including phenoxy) is 3. The minimum absolute atomic E-state index is 0.0360. The molecule has 1 aliphatic rings. The smallest absolute Gasteiger partial charge is 0.254 e. The summed E-state index contributed by atoms with van der Waals surface area (Å²) in [6.45, 7) is 4.68. The summed E-state index contributed by atoms with van der Waals surface area (Å²) in [5.41, 5.74) is 7.03. The fourth-order valence-electron chi connectivity index (χ4n) is 2.94. The van der Waals surface area contributed by atoms with Crippen molar-refractivity contribution in [1.29, 1.82) is 0 Å². The maximum absolute atomic E-state index is 12.8. The van der Waals surface area contributed by atoms with Gasteiger partial charge in [0.25, 0.3) is 5.91 Å². The van der Waals surface area contributed by atoms with Crippen molar-refractivity contribution in [2.24, 2.45) is 5.73 Å². The van der Waals surface area contributed by atoms with Crippen LogP contribution in [0.25, 0.3) is 0 Å². The average molecular weight is 336 g/mol. The van der Waals surface area contributed by atoms with Gasteiger partial charge in [0, 0.05) is 25.3 Å². The lowest BCUT2D eigenvalue weighted by molar-refractivity contribution is 0.00842. The maximum atomic E-state index is 12.8. The summed E-state index contributed by atoms with van der Waals surface area (Å²) in [6.07, 6.45) is 2.84. The molecular weight excluding hydrogens is 308 g/mol. The number of rotatable bonds is 7. The van der Waals surface area contributed by atoms with Crippen LogP contribution in [0.1, 0.15) is 35.2 Å². The van der Waals surface area contributed by atoms with Crippen LogP contribution in [0.2, 0.25) is 0 Å². The van der Waals surface area contributed by atoms with E-state index in [2.05, 4.69) is 0 Å². The molecule has 2 rings (SSSR count). The highest BCUT2D eigenvalue weighted by Crippen LogP contribution is 2.31. The van der Waals surface area contributed by atoms with Crippen LogP contribution in [0.5, 0.6) is 11.5 Å². The number of amides is 1. The van der Waals surface area contributed by atoms with Crippen molar-refractivity contribution in [3.63, 3.8) is 0 Å². The fourth-order valence-corrected chi connectivity index (χ4v) is 2.94. The number of methoxy groups -OCH3 is 2. The first-order valence-corrected chi connectivity index (χ1v) is 8.44. The van der Waals surface area contributed by atoms with Gasteiger partial charge in [-0.3, -0.25) is 4.79 Å². The molecule has 0 aromatic heterocycles. The molecule has 0 spiro atoms. The third kappa shape index (κ3) is 4.39. The molecule has 6 nitrogen and oxygen atoms in total. The first-order chi connectivity index (χ1) is 11.6. The monoisotopic (exact) mass is 336 g/mol. The van der Waals surface area contributed by atoms with Gasteiger partial charge in [0.2, 0.25) is 0 Å². The molecule has 0 saturated carbocycles. The van der Waals surface area contributed by atoms with Crippen LogP contribution in [0.15, 0.2) is 12.1 Å². The van der Waals surface area contributed by atoms with Crippen LogP contribution >= 0.6 is 0 Å². The zero-order valence-electron chi connectivity index (χ0n) is 14.8. The molecule has 134 valence electrons. The zero-order valence-corrected chi connectivity index (χ0v) is 14.8. The standard InChI is InChI=1S/C18H28N2O4/c1-13-11-16(22-2)17(23-3)12-15(13)18(21)20-8-5-14(6-9-20)24-10-4-7-19/h11-12,14H,4-10,19H2,1-3H3. The van der Waals surface area contributed by atoms with Gasteiger partial charge in [-0.1, -0.05) is 0 Å². The second-order valence-corrected chi connectivity index (χ2v) is 6.03. The third-order valence-corrected chi connectivity index (χ3v) is 4.39. The number of benzene rings is 1. The largest absolute Gasteiger partial charge is 0.493 e. The van der Waals surface area contributed by atoms with E-state index in [-0.39, 0.29) is 12.0 Å². The summed E-state index contributed by atoms with van der Waals surface area (Å²) >= 11 is 0. The van der Waals surface area contributed by atoms with Crippen molar-refractivity contribution >= 4 is 5.91 Å². The van der Waals surface area contributed by atoms with Gasteiger partial charge in [0.1, 0.15) is 0 Å². The Morgan fingerprint density at radius 2 is 1.83 bits per heavy atom. The molecule has 1 saturated heterocycles. The van der Waals surface area contributed by atoms with Gasteiger partial charge in [0.05, 0.1) is 20.3 Å². The van der Waals surface area contributed by atoms with Crippen LogP contribution < -0.4 is 15.2 Å². The van der Waals surface area contributed by atoms with Crippen molar-refractivity contribution in [3.8, 4) is 11.5 Å². The highest BCUT2D eigenvalue weighted by Gasteiger charge is 2.25. The number of hydrogen-bond acceptors (Lipinski definition) is 5. The van der Waals surface area contributed by atoms with Crippen molar-refractivity contribution in [2.45, 2.75) is 32.3 Å². The highest BCUT2D eigenvalue weighted by molar-refractivity contribution is 5.96. The second kappa shape index (κ2) is 8.89. The van der Waals surface area contributed by atoms with E-state index in [1.54, 1.807) is 20.3 Å². The Balaban J connectivity index is 2.00. The molecule has 2 N–H and O–H groups in total. The van der Waals surface area contributed by atoms with E-state index in [1.807, 2.05) is 17.9 Å². The van der Waals surface area contributed by atoms with E-state index in [1.165, 1.54) is 0 Å². The molecule has 1 heterocycles. The summed E-state index contributed by atoms with van der Waals surface area (Å²) in [5, 5.41) is 0. The summed E-state index contributed by atoms with van der Waals surface area (Å²) in [5.74, 6) is 1.25. The van der Waals surface area contributed by atoms with E-state index < -0.39 is 0 Å². The van der Waals surface area contributed by atoms with Crippen molar-refractivity contribution in [3.05, 3.63) is 23.3 Å². The van der Waals surface area contributed by atoms with Crippen LogP contribution in [0.4, 0.5) is 0 Å². The Bertz CT molecular complexity index is 554. The Kier molecular flexibility index (Phi) is 6.87. The Hall–Kier alpha value is -1.79. The van der Waals surface area contributed by atoms with Gasteiger partial charge in [-0.25, -0.2) is 0 Å². The molecule has 1 aromatic carbocycles. The lowest BCUT2D eigenvalue weighted by atomic mass is 10.0. The van der Waals surface area contributed by atoms with Gasteiger partial charge in [-0.2, -0.15) is 0 Å². The fraction of sp³-hybridized carbons (Fsp3) is 0.611. The summed E-state index contributed by atoms with van der Waals surface area (Å²) in [4.78, 5) is 14.7. The van der Waals surface area contributed by atoms with E-state index in [4.69, 9.17) is 19.9 Å². The van der Waals surface area contributed by atoms with Gasteiger partial charge in [-0.05, 0) is 50.4 Å². The van der Waals surface area contributed by atoms with E-state index >= 15 is 0 Å². The molecule has 1 aliphatic heterocycles. The summed E-state index contributed by atoms with van der Waals surface area (Å²) in [7, 11) is 3.17. The van der Waals surface area contributed by atoms with Crippen LogP contribution in [0, 0.1) is 6.92 Å². The number of likely N-dealkylation sites (tertiary alicyclic amines) is 1. The topological polar surface area (TPSA) is 74.0 Å². The molecule has 24 heavy (non-hydrogen) atoms. The molecule has 0 aliphatic carbocycles. The Morgan fingerprint density at radius 3 is 2.42 bits per heavy atom. The number of aryl methyl sites for hydroxylation is 1. The normalized spacial score (nSPS) is 15.4. The SMILES string of the molecule is COc1cc(C)c(C(=O)N2CCC(OCCCN)CC2)cc1OC. The van der Waals surface area contributed by atoms with Gasteiger partial charge in [-0.15, -0.1) is 0 Å². The molecule has 0 bridgehead atoms. The minimum Gasteiger partial charge on any atom is -0.493 e. The van der Waals surface area contributed by atoms with Gasteiger partial charge >= 0.3 is 0 Å². The highest BCUT2D eigenvalue weighted by atomic mass is 16.5. The Labute approximate surface area is 143 Å². The maximum Gasteiger partial charge on any atom is 0.254 e. The van der Waals surface area contributed by atoms with E-state index in [0.29, 0.717) is 43.3 Å². The van der Waals surface area contributed by atoms with Crippen LogP contribution in [-0.4, -0.2) is 57.4 Å². The van der Waals surface area contributed by atoms with Crippen LogP contribution in [-0.2, 0) is 4.74 Å². The van der Waals surface area contributed by atoms with Crippen LogP contribution in [0.3, 0.4) is 0 Å². The van der Waals surface area contributed by atoms with Crippen molar-refractivity contribution in [1.82, 2.24) is 4.90 Å². The zero-order chi connectivity index (χ0) is 17.5. The lowest BCUT2D eigenvalue weighted by Gasteiger charge is -2.32.